The lowest BCUT2D eigenvalue weighted by molar-refractivity contribution is -0.0493. The first kappa shape index (κ1) is 29.0. The minimum atomic E-state index is -3.05. The van der Waals surface area contributed by atoms with Crippen LogP contribution < -0.4 is 25.2 Å². The highest BCUT2D eigenvalue weighted by Gasteiger charge is 2.37. The predicted octanol–water partition coefficient (Wildman–Crippen LogP) is 4.56. The van der Waals surface area contributed by atoms with E-state index in [9.17, 15) is 13.9 Å². The fraction of sp³-hybridized carbons (Fsp3) is 0.393. The van der Waals surface area contributed by atoms with Crippen molar-refractivity contribution in [2.75, 3.05) is 61.2 Å². The van der Waals surface area contributed by atoms with Crippen molar-refractivity contribution >= 4 is 34.5 Å². The van der Waals surface area contributed by atoms with Crippen molar-refractivity contribution in [1.82, 2.24) is 19.9 Å². The number of rotatable bonds is 12. The lowest BCUT2D eigenvalue weighted by Gasteiger charge is -2.27. The van der Waals surface area contributed by atoms with E-state index in [1.54, 1.807) is 24.5 Å². The molecule has 1 atom stereocenters. The van der Waals surface area contributed by atoms with Crippen LogP contribution in [0.25, 0.3) is 0 Å². The van der Waals surface area contributed by atoms with E-state index in [0.29, 0.717) is 30.3 Å². The van der Waals surface area contributed by atoms with Gasteiger partial charge in [0, 0.05) is 50.6 Å². The van der Waals surface area contributed by atoms with Crippen LogP contribution in [0.15, 0.2) is 55.4 Å². The van der Waals surface area contributed by atoms with Crippen LogP contribution in [0.1, 0.15) is 19.5 Å². The number of halogens is 2. The summed E-state index contributed by atoms with van der Waals surface area (Å²) in [6, 6.07) is 8.74. The summed E-state index contributed by atoms with van der Waals surface area (Å²) in [4.78, 5) is 19.5. The second kappa shape index (κ2) is 12.0. The second-order valence-electron chi connectivity index (χ2n) is 10.5. The van der Waals surface area contributed by atoms with Gasteiger partial charge in [0.15, 0.2) is 5.75 Å². The maximum atomic E-state index is 13.5. The fourth-order valence-corrected chi connectivity index (χ4v) is 4.56. The Kier molecular flexibility index (Phi) is 8.70. The number of nitrogens with zero attached hydrogens (tertiary/aromatic N) is 6. The Hall–Kier alpha value is -4.03. The van der Waals surface area contributed by atoms with Crippen LogP contribution in [0, 0.1) is 0 Å². The number of ether oxygens (including phenoxy) is 1. The van der Waals surface area contributed by atoms with E-state index in [0.717, 1.165) is 17.9 Å². The molecule has 1 unspecified atom stereocenters. The number of aliphatic hydroxyl groups excluding tert-OH is 1. The molecule has 0 spiro atoms. The van der Waals surface area contributed by atoms with Crippen LogP contribution in [0.2, 0.25) is 0 Å². The summed E-state index contributed by atoms with van der Waals surface area (Å²) < 4.78 is 31.9. The Morgan fingerprint density at radius 3 is 2.62 bits per heavy atom. The van der Waals surface area contributed by atoms with E-state index in [1.807, 2.05) is 43.1 Å². The molecule has 4 rings (SSSR count). The molecule has 0 saturated heterocycles. The first-order chi connectivity index (χ1) is 19.0. The molecule has 214 valence electrons. The zero-order valence-corrected chi connectivity index (χ0v) is 23.4. The van der Waals surface area contributed by atoms with Crippen molar-refractivity contribution in [2.24, 2.45) is 0 Å². The highest BCUT2D eigenvalue weighted by Crippen LogP contribution is 2.43. The van der Waals surface area contributed by atoms with Gasteiger partial charge in [-0.2, -0.15) is 13.8 Å². The third kappa shape index (κ3) is 6.57. The Bertz CT molecular complexity index is 1340. The SMILES string of the molecule is C=CC(O)Nc1cc(Nc2nccc(N3CC(C)(C)c4ncccc43)n2)c(OC(F)F)cc1N(C)CCN(C)C. The third-order valence-electron chi connectivity index (χ3n) is 6.57. The van der Waals surface area contributed by atoms with Gasteiger partial charge in [0.1, 0.15) is 12.0 Å². The molecule has 1 aliphatic heterocycles. The first-order valence-electron chi connectivity index (χ1n) is 12.9. The molecule has 2 aromatic heterocycles. The number of likely N-dealkylation sites (N-methyl/N-ethyl adjacent to an activating group) is 2. The molecule has 0 fully saturated rings. The zero-order chi connectivity index (χ0) is 29.0. The van der Waals surface area contributed by atoms with Gasteiger partial charge in [-0.1, -0.05) is 20.4 Å². The fourth-order valence-electron chi connectivity index (χ4n) is 4.56. The minimum absolute atomic E-state index is 0.0915. The van der Waals surface area contributed by atoms with Gasteiger partial charge in [-0.3, -0.25) is 4.98 Å². The van der Waals surface area contributed by atoms with Crippen LogP contribution >= 0.6 is 0 Å². The number of fused-ring (bicyclic) bond motifs is 1. The summed E-state index contributed by atoms with van der Waals surface area (Å²) in [5.74, 6) is 0.732. The monoisotopic (exact) mass is 554 g/mol. The number of hydrogen-bond donors (Lipinski definition) is 3. The summed E-state index contributed by atoms with van der Waals surface area (Å²) in [7, 11) is 5.72. The Balaban J connectivity index is 1.71. The molecular weight excluding hydrogens is 518 g/mol. The number of alkyl halides is 2. The Morgan fingerprint density at radius 1 is 1.15 bits per heavy atom. The summed E-state index contributed by atoms with van der Waals surface area (Å²) >= 11 is 0. The topological polar surface area (TPSA) is 102 Å². The van der Waals surface area contributed by atoms with E-state index in [4.69, 9.17) is 4.74 Å². The van der Waals surface area contributed by atoms with Crippen LogP contribution in [0.3, 0.4) is 0 Å². The van der Waals surface area contributed by atoms with E-state index in [1.165, 1.54) is 12.1 Å². The van der Waals surface area contributed by atoms with E-state index in [-0.39, 0.29) is 22.8 Å². The van der Waals surface area contributed by atoms with Crippen LogP contribution in [-0.4, -0.2) is 78.6 Å². The van der Waals surface area contributed by atoms with Gasteiger partial charge < -0.3 is 35.2 Å². The number of nitrogens with one attached hydrogen (secondary N) is 2. The molecule has 40 heavy (non-hydrogen) atoms. The number of aromatic nitrogens is 3. The largest absolute Gasteiger partial charge is 0.433 e. The maximum absolute atomic E-state index is 13.5. The Morgan fingerprint density at radius 2 is 1.93 bits per heavy atom. The van der Waals surface area contributed by atoms with E-state index in [2.05, 4.69) is 50.9 Å². The van der Waals surface area contributed by atoms with E-state index >= 15 is 0 Å². The number of benzene rings is 1. The van der Waals surface area contributed by atoms with Crippen molar-refractivity contribution in [3.8, 4) is 5.75 Å². The molecule has 0 saturated carbocycles. The average molecular weight is 555 g/mol. The lowest BCUT2D eigenvalue weighted by atomic mass is 9.91. The standard InChI is InChI=1S/C28H36F2N8O2/c1-7-24(39)33-18-15-19(22(40-26(29)30)16-21(18)37(6)14-13-36(4)5)34-27-32-12-10-23(35-27)38-17-28(2,3)25-20(38)9-8-11-31-25/h7-12,15-16,24,26,33,39H,1,13-14,17H2,2-6H3,(H,32,34,35). The molecule has 0 amide bonds. The normalized spacial score (nSPS) is 14.7. The Labute approximate surface area is 233 Å². The van der Waals surface area contributed by atoms with Gasteiger partial charge in [-0.25, -0.2) is 4.98 Å². The van der Waals surface area contributed by atoms with Crippen molar-refractivity contribution < 1.29 is 18.6 Å². The molecule has 1 aromatic carbocycles. The summed E-state index contributed by atoms with van der Waals surface area (Å²) in [6.07, 6.45) is 3.64. The molecule has 3 aromatic rings. The van der Waals surface area contributed by atoms with Gasteiger partial charge in [0.05, 0.1) is 28.4 Å². The summed E-state index contributed by atoms with van der Waals surface area (Å²) in [5, 5.41) is 16.2. The molecule has 3 heterocycles. The number of aliphatic hydroxyl groups is 1. The molecule has 3 N–H and O–H groups in total. The summed E-state index contributed by atoms with van der Waals surface area (Å²) in [5.41, 5.74) is 2.98. The number of anilines is 6. The highest BCUT2D eigenvalue weighted by molar-refractivity contribution is 5.81. The van der Waals surface area contributed by atoms with Crippen LogP contribution in [0.4, 0.5) is 43.3 Å². The highest BCUT2D eigenvalue weighted by atomic mass is 19.3. The van der Waals surface area contributed by atoms with Crippen molar-refractivity contribution in [1.29, 1.82) is 0 Å². The zero-order valence-electron chi connectivity index (χ0n) is 23.4. The third-order valence-corrected chi connectivity index (χ3v) is 6.57. The van der Waals surface area contributed by atoms with Gasteiger partial charge in [0.2, 0.25) is 5.95 Å². The maximum Gasteiger partial charge on any atom is 0.387 e. The van der Waals surface area contributed by atoms with Crippen LogP contribution in [-0.2, 0) is 5.41 Å². The number of pyridine rings is 1. The summed E-state index contributed by atoms with van der Waals surface area (Å²) in [6.45, 7) is 6.78. The molecule has 10 nitrogen and oxygen atoms in total. The average Bonchev–Trinajstić information content (AvgIpc) is 3.19. The van der Waals surface area contributed by atoms with Gasteiger partial charge in [-0.15, -0.1) is 0 Å². The molecule has 0 radical (unpaired) electrons. The van der Waals surface area contributed by atoms with Crippen LogP contribution in [0.5, 0.6) is 5.75 Å². The molecule has 0 bridgehead atoms. The predicted molar refractivity (Wildman–Crippen MR) is 154 cm³/mol. The van der Waals surface area contributed by atoms with Gasteiger partial charge in [0.25, 0.3) is 0 Å². The van der Waals surface area contributed by atoms with Gasteiger partial charge >= 0.3 is 6.61 Å². The minimum Gasteiger partial charge on any atom is -0.433 e. The van der Waals surface area contributed by atoms with Crippen molar-refractivity contribution in [2.45, 2.75) is 32.1 Å². The molecular formula is C28H36F2N8O2. The van der Waals surface area contributed by atoms with Gasteiger partial charge in [-0.05, 0) is 44.4 Å². The lowest BCUT2D eigenvalue weighted by Crippen LogP contribution is -2.29. The molecule has 1 aliphatic rings. The van der Waals surface area contributed by atoms with Crippen molar-refractivity contribution in [3.05, 3.63) is 61.1 Å². The quantitative estimate of drug-likeness (QED) is 0.218. The van der Waals surface area contributed by atoms with E-state index < -0.39 is 12.8 Å². The molecule has 12 heteroatoms. The smallest absolute Gasteiger partial charge is 0.387 e. The molecule has 0 aliphatic carbocycles. The number of hydrogen-bond acceptors (Lipinski definition) is 10. The second-order valence-corrected chi connectivity index (χ2v) is 10.5. The van der Waals surface area contributed by atoms with Crippen molar-refractivity contribution in [3.63, 3.8) is 0 Å². The first-order valence-corrected chi connectivity index (χ1v) is 12.9.